The maximum Gasteiger partial charge on any atom is 0.261 e. The average Bonchev–Trinajstić information content (AvgIpc) is 3.59. The molecule has 2 heterocycles. The maximum atomic E-state index is 14.1. The first kappa shape index (κ1) is 23.4. The molecule has 5 nitrogen and oxygen atoms in total. The first-order valence-electron chi connectivity index (χ1n) is 10.4. The first-order valence-corrected chi connectivity index (χ1v) is 10.4. The first-order chi connectivity index (χ1) is 14.3. The molecule has 0 spiro atoms. The predicted octanol–water partition coefficient (Wildman–Crippen LogP) is 6.29. The highest BCUT2D eigenvalue weighted by atomic mass is 19.1. The summed E-state index contributed by atoms with van der Waals surface area (Å²) in [6, 6.07) is 3.27. The van der Waals surface area contributed by atoms with Gasteiger partial charge in [-0.1, -0.05) is 40.0 Å². The van der Waals surface area contributed by atoms with Crippen molar-refractivity contribution in [1.29, 1.82) is 0 Å². The summed E-state index contributed by atoms with van der Waals surface area (Å²) in [4.78, 5) is 20.1. The van der Waals surface area contributed by atoms with E-state index in [0.717, 1.165) is 12.1 Å². The lowest BCUT2D eigenvalue weighted by molar-refractivity contribution is 0.572. The second kappa shape index (κ2) is 10.3. The third-order valence-corrected chi connectivity index (χ3v) is 5.03. The topological polar surface area (TPSA) is 59.8 Å². The molecule has 0 atom stereocenters. The lowest BCUT2D eigenvalue weighted by atomic mass is 10.1. The van der Waals surface area contributed by atoms with Gasteiger partial charge in [0, 0.05) is 15.6 Å². The normalized spacial score (nSPS) is 12.5. The van der Waals surface area contributed by atoms with Gasteiger partial charge in [0.05, 0.1) is 29.1 Å². The molecule has 0 bridgehead atoms. The Labute approximate surface area is 179 Å². The van der Waals surface area contributed by atoms with E-state index < -0.39 is 11.6 Å². The zero-order valence-electron chi connectivity index (χ0n) is 18.5. The van der Waals surface area contributed by atoms with Crippen molar-refractivity contribution in [2.24, 2.45) is 13.0 Å². The van der Waals surface area contributed by atoms with Gasteiger partial charge in [-0.3, -0.25) is 9.78 Å². The van der Waals surface area contributed by atoms with Crippen molar-refractivity contribution in [2.75, 3.05) is 5.32 Å². The summed E-state index contributed by atoms with van der Waals surface area (Å²) in [5.74, 6) is -0.426. The number of rotatable bonds is 3. The van der Waals surface area contributed by atoms with Crippen molar-refractivity contribution < 1.29 is 11.6 Å². The Kier molecular flexibility index (Phi) is 8.03. The van der Waals surface area contributed by atoms with Crippen molar-refractivity contribution >= 4 is 22.3 Å². The summed E-state index contributed by atoms with van der Waals surface area (Å²) in [5, 5.41) is 3.13. The smallest absolute Gasteiger partial charge is 0.261 e. The largest absolute Gasteiger partial charge is 0.350 e. The van der Waals surface area contributed by atoms with Gasteiger partial charge in [0.2, 0.25) is 0 Å². The van der Waals surface area contributed by atoms with Crippen LogP contribution in [-0.2, 0) is 7.05 Å². The molecule has 30 heavy (non-hydrogen) atoms. The molecule has 1 aliphatic carbocycles. The standard InChI is InChI=1S/C16H14F2N4O.C5H10.C2H6.2H2/c1-8-11(21-15-10(17)6-19-9(2)14(15)18)4-5-12-13(8)16(23)22(3)7-20-12;1-2-5-3-4-5;1-2;;/h4-7H,1-3H3,(H,19,21);5H,2-4H2,1H3;1-2H3;2*1H. The SMILES string of the molecule is CC.CCC1CC1.Cc1ncc(F)c(Nc2ccc3ncn(C)c(=O)c3c2C)c1F.[HH].[HH]. The number of anilines is 2. The molecule has 0 unspecified atom stereocenters. The van der Waals surface area contributed by atoms with Gasteiger partial charge in [-0.25, -0.2) is 13.8 Å². The van der Waals surface area contributed by atoms with Crippen LogP contribution >= 0.6 is 0 Å². The van der Waals surface area contributed by atoms with Crippen LogP contribution < -0.4 is 10.9 Å². The average molecular weight is 421 g/mol. The molecule has 1 N–H and O–H groups in total. The summed E-state index contributed by atoms with van der Waals surface area (Å²) >= 11 is 0. The number of nitrogens with zero attached hydrogens (tertiary/aromatic N) is 3. The Balaban J connectivity index is 0.000000929. The van der Waals surface area contributed by atoms with Gasteiger partial charge < -0.3 is 9.88 Å². The lowest BCUT2D eigenvalue weighted by Crippen LogP contribution is -2.18. The number of halogens is 2. The number of hydrogen-bond acceptors (Lipinski definition) is 4. The second-order valence-electron chi connectivity index (χ2n) is 7.15. The Morgan fingerprint density at radius 2 is 1.87 bits per heavy atom. The summed E-state index contributed by atoms with van der Waals surface area (Å²) in [6.07, 6.45) is 6.83. The number of pyridine rings is 1. The molecule has 1 aliphatic rings. The van der Waals surface area contributed by atoms with E-state index in [4.69, 9.17) is 0 Å². The van der Waals surface area contributed by atoms with Crippen molar-refractivity contribution in [1.82, 2.24) is 14.5 Å². The van der Waals surface area contributed by atoms with Crippen LogP contribution in [0.3, 0.4) is 0 Å². The zero-order chi connectivity index (χ0) is 22.4. The highest BCUT2D eigenvalue weighted by molar-refractivity contribution is 5.87. The monoisotopic (exact) mass is 420 g/mol. The molecular formula is C23H34F2N4O. The molecule has 1 aromatic carbocycles. The van der Waals surface area contributed by atoms with E-state index in [0.29, 0.717) is 22.2 Å². The number of nitrogens with one attached hydrogen (secondary N) is 1. The molecule has 3 aromatic rings. The molecule has 7 heteroatoms. The van der Waals surface area contributed by atoms with Crippen LogP contribution in [0.4, 0.5) is 20.2 Å². The van der Waals surface area contributed by atoms with Gasteiger partial charge >= 0.3 is 0 Å². The number of aromatic nitrogens is 3. The van der Waals surface area contributed by atoms with Crippen molar-refractivity contribution in [3.63, 3.8) is 0 Å². The Morgan fingerprint density at radius 3 is 2.43 bits per heavy atom. The molecule has 0 amide bonds. The minimum Gasteiger partial charge on any atom is -0.350 e. The third kappa shape index (κ3) is 5.20. The third-order valence-electron chi connectivity index (χ3n) is 5.03. The Hall–Kier alpha value is -2.83. The van der Waals surface area contributed by atoms with Gasteiger partial charge in [-0.15, -0.1) is 0 Å². The molecule has 0 aliphatic heterocycles. The van der Waals surface area contributed by atoms with Gasteiger partial charge in [-0.05, 0) is 37.5 Å². The second-order valence-corrected chi connectivity index (χ2v) is 7.15. The van der Waals surface area contributed by atoms with Gasteiger partial charge in [0.25, 0.3) is 5.56 Å². The zero-order valence-corrected chi connectivity index (χ0v) is 18.5. The molecular weight excluding hydrogens is 386 g/mol. The minimum atomic E-state index is -0.799. The lowest BCUT2D eigenvalue weighted by Gasteiger charge is -2.13. The number of aryl methyl sites for hydroxylation is 3. The fourth-order valence-electron chi connectivity index (χ4n) is 2.92. The van der Waals surface area contributed by atoms with Crippen molar-refractivity contribution in [2.45, 2.75) is 53.9 Å². The molecule has 0 saturated heterocycles. The van der Waals surface area contributed by atoms with E-state index in [1.165, 1.54) is 37.1 Å². The number of benzene rings is 1. The molecule has 1 saturated carbocycles. The van der Waals surface area contributed by atoms with Crippen LogP contribution in [0.25, 0.3) is 10.9 Å². The van der Waals surface area contributed by atoms with Crippen molar-refractivity contribution in [3.05, 3.63) is 57.9 Å². The Bertz CT molecular complexity index is 1090. The van der Waals surface area contributed by atoms with E-state index in [-0.39, 0.29) is 19.8 Å². The van der Waals surface area contributed by atoms with Crippen LogP contribution in [0.2, 0.25) is 0 Å². The van der Waals surface area contributed by atoms with Crippen LogP contribution in [0.1, 0.15) is 54.1 Å². The van der Waals surface area contributed by atoms with Crippen molar-refractivity contribution in [3.8, 4) is 0 Å². The summed E-state index contributed by atoms with van der Waals surface area (Å²) in [7, 11) is 1.60. The fraction of sp³-hybridized carbons (Fsp3) is 0.435. The highest BCUT2D eigenvalue weighted by Crippen LogP contribution is 2.31. The molecule has 166 valence electrons. The maximum absolute atomic E-state index is 14.1. The summed E-state index contributed by atoms with van der Waals surface area (Å²) in [6.45, 7) is 9.42. The quantitative estimate of drug-likeness (QED) is 0.541. The molecule has 2 aromatic heterocycles. The minimum absolute atomic E-state index is 0. The van der Waals surface area contributed by atoms with Crippen LogP contribution in [-0.4, -0.2) is 14.5 Å². The van der Waals surface area contributed by atoms with E-state index in [9.17, 15) is 13.6 Å². The molecule has 4 rings (SSSR count). The Morgan fingerprint density at radius 1 is 1.20 bits per heavy atom. The van der Waals surface area contributed by atoms with E-state index in [1.807, 2.05) is 13.8 Å². The fourth-order valence-corrected chi connectivity index (χ4v) is 2.92. The van der Waals surface area contributed by atoms with E-state index in [1.54, 1.807) is 26.1 Å². The van der Waals surface area contributed by atoms with E-state index in [2.05, 4.69) is 22.2 Å². The molecule has 0 radical (unpaired) electrons. The van der Waals surface area contributed by atoms with Gasteiger partial charge in [0.15, 0.2) is 11.6 Å². The van der Waals surface area contributed by atoms with E-state index >= 15 is 0 Å². The number of hydrogen-bond donors (Lipinski definition) is 1. The molecule has 1 fully saturated rings. The van der Waals surface area contributed by atoms with Gasteiger partial charge in [-0.2, -0.15) is 0 Å². The van der Waals surface area contributed by atoms with Crippen LogP contribution in [0.15, 0.2) is 29.5 Å². The summed E-state index contributed by atoms with van der Waals surface area (Å²) < 4.78 is 29.3. The number of fused-ring (bicyclic) bond motifs is 1. The predicted molar refractivity (Wildman–Crippen MR) is 122 cm³/mol. The van der Waals surface area contributed by atoms with Crippen LogP contribution in [0, 0.1) is 31.4 Å². The summed E-state index contributed by atoms with van der Waals surface area (Å²) in [5.41, 5.74) is 1.12. The van der Waals surface area contributed by atoms with Crippen LogP contribution in [0.5, 0.6) is 0 Å². The highest BCUT2D eigenvalue weighted by Gasteiger charge is 2.17. The van der Waals surface area contributed by atoms with Gasteiger partial charge in [0.1, 0.15) is 5.69 Å².